The molecular formula is C16H14ClN5O2S2. The lowest BCUT2D eigenvalue weighted by Crippen LogP contribution is -2.29. The summed E-state index contributed by atoms with van der Waals surface area (Å²) in [7, 11) is 0. The van der Waals surface area contributed by atoms with Crippen LogP contribution in [0, 0.1) is 0 Å². The van der Waals surface area contributed by atoms with Crippen molar-refractivity contribution in [2.75, 3.05) is 11.1 Å². The van der Waals surface area contributed by atoms with Gasteiger partial charge in [0.25, 0.3) is 5.56 Å². The Labute approximate surface area is 162 Å². The number of carbonyl (C=O) groups is 1. The third-order valence-corrected chi connectivity index (χ3v) is 5.33. The summed E-state index contributed by atoms with van der Waals surface area (Å²) in [4.78, 5) is 24.2. The number of amides is 1. The number of benzene rings is 1. The summed E-state index contributed by atoms with van der Waals surface area (Å²) in [5, 5.41) is 15.8. The second-order valence-electron chi connectivity index (χ2n) is 5.08. The lowest BCUT2D eigenvalue weighted by atomic mass is 10.1. The molecule has 26 heavy (non-hydrogen) atoms. The Morgan fingerprint density at radius 2 is 2.00 bits per heavy atom. The first-order chi connectivity index (χ1) is 12.5. The SMILES string of the molecule is CCSc1nnc(NC(=O)Cn2nc(-c3ccc(Cl)cc3)ccc2=O)s1. The van der Waals surface area contributed by atoms with Crippen molar-refractivity contribution in [3.8, 4) is 11.3 Å². The second-order valence-corrected chi connectivity index (χ2v) is 8.00. The van der Waals surface area contributed by atoms with Gasteiger partial charge in [0.05, 0.1) is 5.69 Å². The molecule has 1 aromatic carbocycles. The van der Waals surface area contributed by atoms with Crippen molar-refractivity contribution in [3.05, 3.63) is 51.8 Å². The first-order valence-corrected chi connectivity index (χ1v) is 9.83. The monoisotopic (exact) mass is 407 g/mol. The minimum Gasteiger partial charge on any atom is -0.299 e. The van der Waals surface area contributed by atoms with Gasteiger partial charge in [0.1, 0.15) is 6.54 Å². The highest BCUT2D eigenvalue weighted by Gasteiger charge is 2.11. The van der Waals surface area contributed by atoms with Crippen molar-refractivity contribution in [2.24, 2.45) is 0 Å². The molecule has 3 rings (SSSR count). The van der Waals surface area contributed by atoms with E-state index in [-0.39, 0.29) is 12.1 Å². The normalized spacial score (nSPS) is 10.7. The van der Waals surface area contributed by atoms with E-state index in [0.29, 0.717) is 15.8 Å². The van der Waals surface area contributed by atoms with E-state index in [4.69, 9.17) is 11.6 Å². The molecule has 7 nitrogen and oxygen atoms in total. The molecule has 0 radical (unpaired) electrons. The van der Waals surface area contributed by atoms with Gasteiger partial charge in [0.15, 0.2) is 4.34 Å². The molecule has 0 spiro atoms. The highest BCUT2D eigenvalue weighted by atomic mass is 35.5. The minimum absolute atomic E-state index is 0.212. The van der Waals surface area contributed by atoms with Gasteiger partial charge >= 0.3 is 0 Å². The molecule has 0 fully saturated rings. The van der Waals surface area contributed by atoms with Crippen molar-refractivity contribution in [1.82, 2.24) is 20.0 Å². The van der Waals surface area contributed by atoms with E-state index in [0.717, 1.165) is 20.3 Å². The lowest BCUT2D eigenvalue weighted by molar-refractivity contribution is -0.117. The molecule has 2 aromatic heterocycles. The fraction of sp³-hybridized carbons (Fsp3) is 0.188. The van der Waals surface area contributed by atoms with Gasteiger partial charge in [0, 0.05) is 16.7 Å². The predicted molar refractivity (Wildman–Crippen MR) is 104 cm³/mol. The summed E-state index contributed by atoms with van der Waals surface area (Å²) in [5.41, 5.74) is 1.01. The third kappa shape index (κ3) is 4.69. The second kappa shape index (κ2) is 8.43. The fourth-order valence-electron chi connectivity index (χ4n) is 2.07. The van der Waals surface area contributed by atoms with E-state index in [1.165, 1.54) is 17.4 Å². The lowest BCUT2D eigenvalue weighted by Gasteiger charge is -2.07. The van der Waals surface area contributed by atoms with Gasteiger partial charge in [-0.15, -0.1) is 10.2 Å². The van der Waals surface area contributed by atoms with Crippen LogP contribution in [0.4, 0.5) is 5.13 Å². The molecule has 134 valence electrons. The molecule has 0 bridgehead atoms. The summed E-state index contributed by atoms with van der Waals surface area (Å²) >= 11 is 8.72. The third-order valence-electron chi connectivity index (χ3n) is 3.22. The first-order valence-electron chi connectivity index (χ1n) is 7.65. The van der Waals surface area contributed by atoms with Gasteiger partial charge in [-0.2, -0.15) is 5.10 Å². The zero-order valence-electron chi connectivity index (χ0n) is 13.7. The van der Waals surface area contributed by atoms with Crippen molar-refractivity contribution >= 4 is 45.7 Å². The van der Waals surface area contributed by atoms with Crippen LogP contribution in [0.25, 0.3) is 11.3 Å². The van der Waals surface area contributed by atoms with E-state index >= 15 is 0 Å². The summed E-state index contributed by atoms with van der Waals surface area (Å²) in [6.07, 6.45) is 0. The van der Waals surface area contributed by atoms with Crippen LogP contribution >= 0.6 is 34.7 Å². The van der Waals surface area contributed by atoms with Crippen LogP contribution in [0.1, 0.15) is 6.92 Å². The number of nitrogens with zero attached hydrogens (tertiary/aromatic N) is 4. The minimum atomic E-state index is -0.392. The molecule has 10 heteroatoms. The Balaban J connectivity index is 1.74. The van der Waals surface area contributed by atoms with Gasteiger partial charge in [-0.25, -0.2) is 4.68 Å². The number of hydrogen-bond acceptors (Lipinski definition) is 7. The van der Waals surface area contributed by atoms with Crippen LogP contribution in [-0.2, 0) is 11.3 Å². The smallest absolute Gasteiger partial charge is 0.267 e. The van der Waals surface area contributed by atoms with Crippen molar-refractivity contribution in [2.45, 2.75) is 17.8 Å². The van der Waals surface area contributed by atoms with Crippen LogP contribution in [-0.4, -0.2) is 31.6 Å². The van der Waals surface area contributed by atoms with E-state index in [1.54, 1.807) is 42.1 Å². The van der Waals surface area contributed by atoms with Gasteiger partial charge in [-0.1, -0.05) is 53.8 Å². The summed E-state index contributed by atoms with van der Waals surface area (Å²) in [6.45, 7) is 1.80. The maximum atomic E-state index is 12.2. The van der Waals surface area contributed by atoms with Crippen molar-refractivity contribution < 1.29 is 4.79 Å². The molecule has 0 atom stereocenters. The standard InChI is InChI=1S/C16H14ClN5O2S2/c1-2-25-16-20-19-15(26-16)18-13(23)9-22-14(24)8-7-12(21-22)10-3-5-11(17)6-4-10/h3-8H,2,9H2,1H3,(H,18,19,23). The summed E-state index contributed by atoms with van der Waals surface area (Å²) < 4.78 is 1.89. The maximum Gasteiger partial charge on any atom is 0.267 e. The number of rotatable bonds is 6. The number of halogens is 1. The quantitative estimate of drug-likeness (QED) is 0.498. The Kier molecular flexibility index (Phi) is 6.02. The Morgan fingerprint density at radius 1 is 1.23 bits per heavy atom. The number of anilines is 1. The molecule has 1 amide bonds. The van der Waals surface area contributed by atoms with Crippen LogP contribution in [0.3, 0.4) is 0 Å². The van der Waals surface area contributed by atoms with Gasteiger partial charge in [-0.05, 0) is 24.0 Å². The molecule has 0 aliphatic heterocycles. The Morgan fingerprint density at radius 3 is 2.73 bits per heavy atom. The molecule has 1 N–H and O–H groups in total. The molecular weight excluding hydrogens is 394 g/mol. The largest absolute Gasteiger partial charge is 0.299 e. The van der Waals surface area contributed by atoms with Crippen molar-refractivity contribution in [3.63, 3.8) is 0 Å². The van der Waals surface area contributed by atoms with E-state index in [2.05, 4.69) is 20.6 Å². The summed E-state index contributed by atoms with van der Waals surface area (Å²) in [5.74, 6) is 0.483. The fourth-order valence-corrected chi connectivity index (χ4v) is 3.86. The topological polar surface area (TPSA) is 89.8 Å². The highest BCUT2D eigenvalue weighted by Crippen LogP contribution is 2.25. The van der Waals surface area contributed by atoms with Crippen LogP contribution in [0.5, 0.6) is 0 Å². The van der Waals surface area contributed by atoms with E-state index in [1.807, 2.05) is 6.92 Å². The Hall–Kier alpha value is -2.23. The molecule has 0 aliphatic rings. The number of aromatic nitrogens is 4. The zero-order valence-corrected chi connectivity index (χ0v) is 16.1. The zero-order chi connectivity index (χ0) is 18.5. The van der Waals surface area contributed by atoms with Crippen molar-refractivity contribution in [1.29, 1.82) is 0 Å². The van der Waals surface area contributed by atoms with Gasteiger partial charge in [-0.3, -0.25) is 14.9 Å². The highest BCUT2D eigenvalue weighted by molar-refractivity contribution is 8.01. The average Bonchev–Trinajstić information content (AvgIpc) is 3.05. The maximum absolute atomic E-state index is 12.2. The van der Waals surface area contributed by atoms with E-state index in [9.17, 15) is 9.59 Å². The van der Waals surface area contributed by atoms with Crippen LogP contribution < -0.4 is 10.9 Å². The van der Waals surface area contributed by atoms with E-state index < -0.39 is 5.91 Å². The molecule has 3 aromatic rings. The predicted octanol–water partition coefficient (Wildman–Crippen LogP) is 3.17. The molecule has 0 unspecified atom stereocenters. The van der Waals surface area contributed by atoms with Gasteiger partial charge < -0.3 is 0 Å². The average molecular weight is 408 g/mol. The van der Waals surface area contributed by atoms with Crippen LogP contribution in [0.15, 0.2) is 45.5 Å². The van der Waals surface area contributed by atoms with Gasteiger partial charge in [0.2, 0.25) is 11.0 Å². The summed E-state index contributed by atoms with van der Waals surface area (Å²) in [6, 6.07) is 10.1. The van der Waals surface area contributed by atoms with Crippen LogP contribution in [0.2, 0.25) is 5.02 Å². The molecule has 0 saturated carbocycles. The number of nitrogens with one attached hydrogen (secondary N) is 1. The molecule has 0 saturated heterocycles. The number of carbonyl (C=O) groups excluding carboxylic acids is 1. The number of thioether (sulfide) groups is 1. The number of hydrogen-bond donors (Lipinski definition) is 1. The Bertz CT molecular complexity index is 971. The molecule has 0 aliphatic carbocycles. The molecule has 2 heterocycles. The first kappa shape index (κ1) is 18.6.